The molecule has 0 aromatic heterocycles. The van der Waals surface area contributed by atoms with Crippen molar-refractivity contribution in [3.05, 3.63) is 47.0 Å². The lowest BCUT2D eigenvalue weighted by Gasteiger charge is -2.15. The Balaban J connectivity index is 1.81. The van der Waals surface area contributed by atoms with Gasteiger partial charge < -0.3 is 10.2 Å². The molecule has 31 heavy (non-hydrogen) atoms. The van der Waals surface area contributed by atoms with Gasteiger partial charge in [0.2, 0.25) is 0 Å². The second kappa shape index (κ2) is 12.8. The van der Waals surface area contributed by atoms with Crippen molar-refractivity contribution in [3.8, 4) is 11.5 Å². The molecule has 0 fully saturated rings. The van der Waals surface area contributed by atoms with Crippen molar-refractivity contribution in [1.82, 2.24) is 0 Å². The molecule has 172 valence electrons. The molecule has 0 aliphatic rings. The SMILES string of the molecule is CCCC[C@@H](C)CCC[C@@H](C)CCC/C(C)=C/Cc1c(C)c(O)c2ccccc2c1O. The van der Waals surface area contributed by atoms with E-state index < -0.39 is 0 Å². The monoisotopic (exact) mass is 424 g/mol. The molecule has 0 aliphatic heterocycles. The van der Waals surface area contributed by atoms with Gasteiger partial charge in [-0.3, -0.25) is 0 Å². The lowest BCUT2D eigenvalue weighted by molar-refractivity contribution is 0.399. The molecule has 2 aromatic rings. The number of phenolic OH excluding ortho intramolecular Hbond substituents is 2. The van der Waals surface area contributed by atoms with E-state index in [0.717, 1.165) is 40.2 Å². The first-order chi connectivity index (χ1) is 14.8. The Bertz CT molecular complexity index is 849. The Kier molecular flexibility index (Phi) is 10.4. The first-order valence-electron chi connectivity index (χ1n) is 12.4. The van der Waals surface area contributed by atoms with Gasteiger partial charge in [0.15, 0.2) is 0 Å². The maximum atomic E-state index is 10.7. The molecule has 0 unspecified atom stereocenters. The molecule has 2 heteroatoms. The Morgan fingerprint density at radius 3 is 2.03 bits per heavy atom. The van der Waals surface area contributed by atoms with Crippen molar-refractivity contribution >= 4 is 10.8 Å². The van der Waals surface area contributed by atoms with Gasteiger partial charge in [0.1, 0.15) is 11.5 Å². The van der Waals surface area contributed by atoms with Crippen LogP contribution in [0.25, 0.3) is 10.8 Å². The van der Waals surface area contributed by atoms with E-state index >= 15 is 0 Å². The van der Waals surface area contributed by atoms with Crippen LogP contribution in [0.4, 0.5) is 0 Å². The molecule has 0 saturated heterocycles. The summed E-state index contributed by atoms with van der Waals surface area (Å²) < 4.78 is 0. The zero-order chi connectivity index (χ0) is 22.8. The largest absolute Gasteiger partial charge is 0.507 e. The van der Waals surface area contributed by atoms with Crippen LogP contribution >= 0.6 is 0 Å². The van der Waals surface area contributed by atoms with Gasteiger partial charge in [-0.1, -0.05) is 102 Å². The zero-order valence-electron chi connectivity index (χ0n) is 20.5. The van der Waals surface area contributed by atoms with Crippen molar-refractivity contribution in [3.63, 3.8) is 0 Å². The van der Waals surface area contributed by atoms with Crippen LogP contribution < -0.4 is 0 Å². The van der Waals surface area contributed by atoms with Crippen LogP contribution in [0.1, 0.15) is 96.6 Å². The normalized spacial score (nSPS) is 14.2. The minimum Gasteiger partial charge on any atom is -0.507 e. The quantitative estimate of drug-likeness (QED) is 0.249. The fraction of sp³-hybridized carbons (Fsp3) is 0.586. The number of fused-ring (bicyclic) bond motifs is 1. The number of unbranched alkanes of at least 4 members (excludes halogenated alkanes) is 1. The number of aromatic hydroxyl groups is 2. The van der Waals surface area contributed by atoms with Gasteiger partial charge in [-0.05, 0) is 50.5 Å². The Labute approximate surface area is 190 Å². The summed E-state index contributed by atoms with van der Waals surface area (Å²) in [6, 6.07) is 7.51. The smallest absolute Gasteiger partial charge is 0.127 e. The second-order valence-corrected chi connectivity index (χ2v) is 9.78. The van der Waals surface area contributed by atoms with Crippen LogP contribution in [-0.4, -0.2) is 10.2 Å². The second-order valence-electron chi connectivity index (χ2n) is 9.78. The number of benzene rings is 2. The molecular formula is C29H44O2. The third kappa shape index (κ3) is 7.59. The molecule has 0 aliphatic carbocycles. The van der Waals surface area contributed by atoms with Crippen molar-refractivity contribution in [2.24, 2.45) is 11.8 Å². The summed E-state index contributed by atoms with van der Waals surface area (Å²) in [5.41, 5.74) is 2.98. The van der Waals surface area contributed by atoms with Crippen LogP contribution in [-0.2, 0) is 6.42 Å². The van der Waals surface area contributed by atoms with E-state index in [9.17, 15) is 10.2 Å². The molecule has 0 bridgehead atoms. The Morgan fingerprint density at radius 1 is 0.871 bits per heavy atom. The van der Waals surface area contributed by atoms with Gasteiger partial charge >= 0.3 is 0 Å². The van der Waals surface area contributed by atoms with Gasteiger partial charge in [0, 0.05) is 16.3 Å². The highest BCUT2D eigenvalue weighted by Gasteiger charge is 2.15. The van der Waals surface area contributed by atoms with Gasteiger partial charge in [0.25, 0.3) is 0 Å². The standard InChI is InChI=1S/C29H44O2/c1-6-7-12-21(2)13-10-14-22(3)15-11-16-23(4)19-20-25-24(5)28(30)26-17-8-9-18-27(26)29(25)31/h8-9,17-19,21-22,30-31H,6-7,10-16,20H2,1-5H3/b23-19+/t21-,22-/m1/s1. The highest BCUT2D eigenvalue weighted by molar-refractivity contribution is 5.95. The topological polar surface area (TPSA) is 40.5 Å². The number of rotatable bonds is 13. The summed E-state index contributed by atoms with van der Waals surface area (Å²) in [6.45, 7) is 11.2. The molecule has 0 saturated carbocycles. The van der Waals surface area contributed by atoms with E-state index in [1.165, 1.54) is 56.9 Å². The average Bonchev–Trinajstić information content (AvgIpc) is 2.76. The molecular weight excluding hydrogens is 380 g/mol. The number of allylic oxidation sites excluding steroid dienone is 2. The van der Waals surface area contributed by atoms with E-state index in [4.69, 9.17) is 0 Å². The van der Waals surface area contributed by atoms with Crippen molar-refractivity contribution in [1.29, 1.82) is 0 Å². The predicted molar refractivity (Wildman–Crippen MR) is 135 cm³/mol. The molecule has 2 N–H and O–H groups in total. The summed E-state index contributed by atoms with van der Waals surface area (Å²) in [4.78, 5) is 0. The zero-order valence-corrected chi connectivity index (χ0v) is 20.5. The highest BCUT2D eigenvalue weighted by Crippen LogP contribution is 2.39. The molecule has 2 aromatic carbocycles. The van der Waals surface area contributed by atoms with Gasteiger partial charge in [-0.25, -0.2) is 0 Å². The van der Waals surface area contributed by atoms with Crippen LogP contribution in [0.2, 0.25) is 0 Å². The number of phenols is 2. The number of hydrogen-bond donors (Lipinski definition) is 2. The lowest BCUT2D eigenvalue weighted by atomic mass is 9.92. The van der Waals surface area contributed by atoms with Crippen LogP contribution in [0.5, 0.6) is 11.5 Å². The van der Waals surface area contributed by atoms with Gasteiger partial charge in [-0.2, -0.15) is 0 Å². The first kappa shape index (κ1) is 25.3. The molecule has 2 atom stereocenters. The first-order valence-corrected chi connectivity index (χ1v) is 12.4. The van der Waals surface area contributed by atoms with Crippen molar-refractivity contribution in [2.45, 2.75) is 98.8 Å². The summed E-state index contributed by atoms with van der Waals surface area (Å²) in [6.07, 6.45) is 14.7. The Morgan fingerprint density at radius 2 is 1.42 bits per heavy atom. The maximum absolute atomic E-state index is 10.7. The van der Waals surface area contributed by atoms with E-state index in [0.29, 0.717) is 12.2 Å². The van der Waals surface area contributed by atoms with Crippen LogP contribution in [0.15, 0.2) is 35.9 Å². The molecule has 0 amide bonds. The van der Waals surface area contributed by atoms with Crippen LogP contribution in [0.3, 0.4) is 0 Å². The van der Waals surface area contributed by atoms with E-state index in [1.54, 1.807) is 0 Å². The fourth-order valence-corrected chi connectivity index (χ4v) is 4.59. The van der Waals surface area contributed by atoms with E-state index in [1.807, 2.05) is 31.2 Å². The summed E-state index contributed by atoms with van der Waals surface area (Å²) in [5.74, 6) is 2.27. The third-order valence-corrected chi connectivity index (χ3v) is 6.90. The van der Waals surface area contributed by atoms with Crippen molar-refractivity contribution < 1.29 is 10.2 Å². The molecule has 2 nitrogen and oxygen atoms in total. The highest BCUT2D eigenvalue weighted by atomic mass is 16.3. The van der Waals surface area contributed by atoms with Crippen molar-refractivity contribution in [2.75, 3.05) is 0 Å². The lowest BCUT2D eigenvalue weighted by Crippen LogP contribution is -1.99. The maximum Gasteiger partial charge on any atom is 0.127 e. The minimum atomic E-state index is 0.285. The fourth-order valence-electron chi connectivity index (χ4n) is 4.59. The molecule has 0 heterocycles. The van der Waals surface area contributed by atoms with E-state index in [2.05, 4.69) is 33.8 Å². The average molecular weight is 425 g/mol. The summed E-state index contributed by atoms with van der Waals surface area (Å²) in [7, 11) is 0. The van der Waals surface area contributed by atoms with Crippen LogP contribution in [0, 0.1) is 18.8 Å². The third-order valence-electron chi connectivity index (χ3n) is 6.90. The summed E-state index contributed by atoms with van der Waals surface area (Å²) in [5, 5.41) is 22.7. The van der Waals surface area contributed by atoms with Gasteiger partial charge in [0.05, 0.1) is 0 Å². The van der Waals surface area contributed by atoms with Gasteiger partial charge in [-0.15, -0.1) is 0 Å². The predicted octanol–water partition coefficient (Wildman–Crippen LogP) is 8.85. The summed E-state index contributed by atoms with van der Waals surface area (Å²) >= 11 is 0. The molecule has 0 spiro atoms. The molecule has 0 radical (unpaired) electrons. The minimum absolute atomic E-state index is 0.285. The Hall–Kier alpha value is -1.96. The van der Waals surface area contributed by atoms with E-state index in [-0.39, 0.29) is 5.75 Å². The number of hydrogen-bond acceptors (Lipinski definition) is 2. The molecule has 2 rings (SSSR count).